The van der Waals surface area contributed by atoms with Crippen LogP contribution in [-0.2, 0) is 0 Å². The van der Waals surface area contributed by atoms with Gasteiger partial charge in [-0.25, -0.2) is 4.98 Å². The number of benzene rings is 3. The molecule has 3 aliphatic rings. The smallest absolute Gasteiger partial charge is 0.252 e. The number of hydrogen-bond donors (Lipinski definition) is 1. The van der Waals surface area contributed by atoms with E-state index in [4.69, 9.17) is 4.98 Å². The monoisotopic (exact) mass is 475 g/mol. The summed E-state index contributed by atoms with van der Waals surface area (Å²) in [6, 6.07) is 26.6. The van der Waals surface area contributed by atoms with Gasteiger partial charge in [-0.05, 0) is 80.7 Å². The Morgan fingerprint density at radius 3 is 1.92 bits per heavy atom. The minimum atomic E-state index is 0.0413. The number of para-hydroxylation sites is 2. The van der Waals surface area contributed by atoms with E-state index in [9.17, 15) is 4.79 Å². The van der Waals surface area contributed by atoms with Gasteiger partial charge in [0.05, 0.1) is 16.6 Å². The molecule has 2 atom stereocenters. The molecule has 0 radical (unpaired) electrons. The Morgan fingerprint density at radius 2 is 1.31 bits per heavy atom. The van der Waals surface area contributed by atoms with Crippen molar-refractivity contribution in [3.63, 3.8) is 0 Å². The van der Waals surface area contributed by atoms with E-state index in [0.717, 1.165) is 46.1 Å². The van der Waals surface area contributed by atoms with Gasteiger partial charge in [-0.2, -0.15) is 0 Å². The maximum Gasteiger partial charge on any atom is 0.252 e. The maximum absolute atomic E-state index is 13.6. The summed E-state index contributed by atoms with van der Waals surface area (Å²) in [6.45, 7) is 1.21. The van der Waals surface area contributed by atoms with Crippen LogP contribution in [0, 0.1) is 5.92 Å². The molecule has 7 rings (SSSR count). The molecule has 1 aliphatic carbocycles. The number of pyridine rings is 1. The average molecular weight is 476 g/mol. The van der Waals surface area contributed by atoms with Crippen molar-refractivity contribution in [2.45, 2.75) is 63.1 Å². The van der Waals surface area contributed by atoms with Crippen LogP contribution in [0.25, 0.3) is 21.8 Å². The zero-order valence-corrected chi connectivity index (χ0v) is 20.7. The third-order valence-electron chi connectivity index (χ3n) is 9.02. The molecule has 0 spiro atoms. The van der Waals surface area contributed by atoms with Gasteiger partial charge in [0, 0.05) is 28.9 Å². The number of carbonyl (C=O) groups excluding carboxylic acids is 1. The van der Waals surface area contributed by atoms with E-state index in [1.165, 1.54) is 38.6 Å². The van der Waals surface area contributed by atoms with Crippen LogP contribution in [0.3, 0.4) is 0 Å². The highest BCUT2D eigenvalue weighted by Crippen LogP contribution is 2.53. The second-order valence-electron chi connectivity index (χ2n) is 11.0. The van der Waals surface area contributed by atoms with Crippen molar-refractivity contribution in [2.24, 2.45) is 5.92 Å². The number of hydrogen-bond acceptors (Lipinski definition) is 3. The molecule has 36 heavy (non-hydrogen) atoms. The molecule has 1 aromatic heterocycles. The lowest BCUT2D eigenvalue weighted by molar-refractivity contribution is 0.0922. The number of amides is 1. The summed E-state index contributed by atoms with van der Waals surface area (Å²) in [7, 11) is 0. The fraction of sp³-hybridized carbons (Fsp3) is 0.375. The fourth-order valence-corrected chi connectivity index (χ4v) is 7.23. The summed E-state index contributed by atoms with van der Waals surface area (Å²) < 4.78 is 0. The van der Waals surface area contributed by atoms with Crippen LogP contribution < -0.4 is 5.32 Å². The molecule has 2 bridgehead atoms. The molecule has 1 unspecified atom stereocenters. The van der Waals surface area contributed by atoms with E-state index in [-0.39, 0.29) is 11.9 Å². The lowest BCUT2D eigenvalue weighted by Gasteiger charge is -2.31. The highest BCUT2D eigenvalue weighted by atomic mass is 16.1. The zero-order chi connectivity index (χ0) is 24.1. The van der Waals surface area contributed by atoms with Gasteiger partial charge < -0.3 is 5.32 Å². The topological polar surface area (TPSA) is 45.2 Å². The Balaban J connectivity index is 0.995. The lowest BCUT2D eigenvalue weighted by atomic mass is 9.83. The van der Waals surface area contributed by atoms with Crippen LogP contribution in [0.1, 0.15) is 78.5 Å². The maximum atomic E-state index is 13.6. The van der Waals surface area contributed by atoms with Crippen LogP contribution in [0.5, 0.6) is 0 Å². The van der Waals surface area contributed by atoms with E-state index in [0.29, 0.717) is 12.1 Å². The van der Waals surface area contributed by atoms with Gasteiger partial charge in [-0.1, -0.05) is 60.7 Å². The summed E-state index contributed by atoms with van der Waals surface area (Å²) in [4.78, 5) is 21.1. The van der Waals surface area contributed by atoms with Crippen LogP contribution in [0.15, 0.2) is 72.8 Å². The van der Waals surface area contributed by atoms with Crippen molar-refractivity contribution in [2.75, 3.05) is 6.54 Å². The van der Waals surface area contributed by atoms with Gasteiger partial charge in [0.25, 0.3) is 5.91 Å². The van der Waals surface area contributed by atoms with Crippen molar-refractivity contribution in [3.05, 3.63) is 89.5 Å². The molecule has 2 aliphatic heterocycles. The molecular weight excluding hydrogens is 442 g/mol. The van der Waals surface area contributed by atoms with Gasteiger partial charge >= 0.3 is 0 Å². The Morgan fingerprint density at radius 1 is 0.750 bits per heavy atom. The molecule has 4 aromatic rings. The van der Waals surface area contributed by atoms with Gasteiger partial charge in [-0.3, -0.25) is 9.69 Å². The van der Waals surface area contributed by atoms with Crippen molar-refractivity contribution < 1.29 is 4.79 Å². The number of carbonyl (C=O) groups is 1. The number of aromatic nitrogens is 1. The van der Waals surface area contributed by atoms with E-state index >= 15 is 0 Å². The first kappa shape index (κ1) is 22.0. The minimum Gasteiger partial charge on any atom is -0.349 e. The second kappa shape index (κ2) is 9.01. The lowest BCUT2D eigenvalue weighted by Crippen LogP contribution is -2.38. The molecule has 3 aromatic carbocycles. The predicted molar refractivity (Wildman–Crippen MR) is 145 cm³/mol. The zero-order valence-electron chi connectivity index (χ0n) is 20.7. The molecule has 1 saturated carbocycles. The summed E-state index contributed by atoms with van der Waals surface area (Å²) in [5.41, 5.74) is 5.68. The highest BCUT2D eigenvalue weighted by molar-refractivity contribution is 6.16. The summed E-state index contributed by atoms with van der Waals surface area (Å²) >= 11 is 0. The average Bonchev–Trinajstić information content (AvgIpc) is 3.47. The van der Waals surface area contributed by atoms with Crippen molar-refractivity contribution in [1.29, 1.82) is 0 Å². The Labute approximate surface area is 212 Å². The van der Waals surface area contributed by atoms with Gasteiger partial charge in [0.15, 0.2) is 0 Å². The quantitative estimate of drug-likeness (QED) is 0.317. The minimum absolute atomic E-state index is 0.0413. The molecule has 4 heteroatoms. The first-order chi connectivity index (χ1) is 17.8. The molecule has 4 nitrogen and oxygen atoms in total. The third-order valence-corrected chi connectivity index (χ3v) is 9.02. The number of fused-ring (bicyclic) bond motifs is 7. The predicted octanol–water partition coefficient (Wildman–Crippen LogP) is 6.96. The molecule has 1 saturated heterocycles. The van der Waals surface area contributed by atoms with Gasteiger partial charge in [0.2, 0.25) is 0 Å². The summed E-state index contributed by atoms with van der Waals surface area (Å²) in [5.74, 6) is 0.809. The van der Waals surface area contributed by atoms with E-state index in [1.807, 2.05) is 48.5 Å². The van der Waals surface area contributed by atoms with Crippen LogP contribution >= 0.6 is 0 Å². The largest absolute Gasteiger partial charge is 0.349 e. The van der Waals surface area contributed by atoms with Crippen LogP contribution in [0.2, 0.25) is 0 Å². The van der Waals surface area contributed by atoms with Gasteiger partial charge in [-0.15, -0.1) is 0 Å². The number of rotatable bonds is 5. The van der Waals surface area contributed by atoms with Crippen LogP contribution in [-0.4, -0.2) is 28.4 Å². The number of nitrogens with one attached hydrogen (secondary N) is 1. The van der Waals surface area contributed by atoms with Crippen molar-refractivity contribution in [3.8, 4) is 0 Å². The SMILES string of the molecule is O=C(NC1CCC(CCN2C3CC[C@H]2c2ccccc23)CC1)c1c2ccccc2nc2ccccc12. The van der Waals surface area contributed by atoms with E-state index < -0.39 is 0 Å². The molecule has 1 amide bonds. The second-order valence-corrected chi connectivity index (χ2v) is 11.0. The van der Waals surface area contributed by atoms with Crippen molar-refractivity contribution in [1.82, 2.24) is 15.2 Å². The van der Waals surface area contributed by atoms with Crippen LogP contribution in [0.4, 0.5) is 0 Å². The third kappa shape index (κ3) is 3.70. The molecular formula is C32H33N3O. The Hall–Kier alpha value is -3.24. The summed E-state index contributed by atoms with van der Waals surface area (Å²) in [6.07, 6.45) is 8.48. The first-order valence-corrected chi connectivity index (χ1v) is 13.7. The molecule has 3 heterocycles. The van der Waals surface area contributed by atoms with E-state index in [2.05, 4.69) is 34.5 Å². The highest BCUT2D eigenvalue weighted by Gasteiger charge is 2.43. The first-order valence-electron chi connectivity index (χ1n) is 13.7. The fourth-order valence-electron chi connectivity index (χ4n) is 7.23. The molecule has 1 N–H and O–H groups in total. The van der Waals surface area contributed by atoms with E-state index in [1.54, 1.807) is 11.1 Å². The van der Waals surface area contributed by atoms with Gasteiger partial charge in [0.1, 0.15) is 0 Å². The normalized spacial score (nSPS) is 25.3. The molecule has 182 valence electrons. The number of nitrogens with zero attached hydrogens (tertiary/aromatic N) is 2. The Kier molecular flexibility index (Phi) is 5.50. The Bertz CT molecular complexity index is 1350. The summed E-state index contributed by atoms with van der Waals surface area (Å²) in [5, 5.41) is 5.26. The standard InChI is InChI=1S/C32H33N3O/c36-32(31-25-9-3-5-11-27(25)34-28-12-6-4-10-26(28)31)33-22-15-13-21(14-16-22)19-20-35-29-17-18-30(35)24-8-2-1-7-23(24)29/h1-12,21-22,29-30H,13-20H2,(H,33,36)/t21?,22?,29-,30?/m0/s1. The van der Waals surface area contributed by atoms with Crippen molar-refractivity contribution >= 4 is 27.7 Å². The molecule has 2 fully saturated rings.